The second kappa shape index (κ2) is 5.12. The molecule has 20 heavy (non-hydrogen) atoms. The summed E-state index contributed by atoms with van der Waals surface area (Å²) in [7, 11) is 0. The average Bonchev–Trinajstić information content (AvgIpc) is 2.24. The Balaban J connectivity index is 2.13. The second-order valence-electron chi connectivity index (χ2n) is 7.64. The van der Waals surface area contributed by atoms with Crippen LogP contribution in [-0.4, -0.2) is 17.1 Å². The van der Waals surface area contributed by atoms with Gasteiger partial charge >= 0.3 is 5.97 Å². The maximum absolute atomic E-state index is 11.0. The molecule has 0 aromatic heterocycles. The van der Waals surface area contributed by atoms with Gasteiger partial charge in [-0.05, 0) is 48.3 Å². The number of carbonyl (C=O) groups is 1. The van der Waals surface area contributed by atoms with E-state index in [1.807, 2.05) is 6.07 Å². The highest BCUT2D eigenvalue weighted by Gasteiger charge is 2.38. The molecule has 0 aliphatic heterocycles. The number of nitrogens with one attached hydrogen (secondary N) is 1. The normalized spacial score (nSPS) is 21.4. The molecule has 0 radical (unpaired) electrons. The number of hydrogen-bond donors (Lipinski definition) is 2. The first kappa shape index (κ1) is 14.9. The van der Waals surface area contributed by atoms with Gasteiger partial charge in [-0.3, -0.25) is 0 Å². The third-order valence-corrected chi connectivity index (χ3v) is 4.04. The number of rotatable bonds is 3. The van der Waals surface area contributed by atoms with Gasteiger partial charge in [0.1, 0.15) is 0 Å². The molecule has 110 valence electrons. The molecular formula is C17H25NO2. The van der Waals surface area contributed by atoms with E-state index in [0.29, 0.717) is 22.4 Å². The minimum Gasteiger partial charge on any atom is -0.478 e. The van der Waals surface area contributed by atoms with E-state index in [2.05, 4.69) is 33.0 Å². The fraction of sp³-hybridized carbons (Fsp3) is 0.588. The van der Waals surface area contributed by atoms with E-state index >= 15 is 0 Å². The van der Waals surface area contributed by atoms with Gasteiger partial charge in [0, 0.05) is 11.7 Å². The van der Waals surface area contributed by atoms with Crippen LogP contribution in [0.4, 0.5) is 5.69 Å². The quantitative estimate of drug-likeness (QED) is 0.859. The Morgan fingerprint density at radius 3 is 2.35 bits per heavy atom. The molecular weight excluding hydrogens is 250 g/mol. The molecule has 1 aromatic rings. The highest BCUT2D eigenvalue weighted by atomic mass is 16.4. The first-order valence-corrected chi connectivity index (χ1v) is 7.27. The predicted octanol–water partition coefficient (Wildman–Crippen LogP) is 4.40. The number of carboxylic acids is 1. The largest absolute Gasteiger partial charge is 0.478 e. The van der Waals surface area contributed by atoms with Gasteiger partial charge in [0.05, 0.1) is 5.56 Å². The van der Waals surface area contributed by atoms with Crippen LogP contribution in [0.3, 0.4) is 0 Å². The lowest BCUT2D eigenvalue weighted by Crippen LogP contribution is -2.40. The second-order valence-corrected chi connectivity index (χ2v) is 7.64. The lowest BCUT2D eigenvalue weighted by molar-refractivity contribution is 0.0696. The summed E-state index contributed by atoms with van der Waals surface area (Å²) < 4.78 is 0. The Bertz CT molecular complexity index is 489. The molecule has 0 unspecified atom stereocenters. The number of anilines is 1. The first-order valence-electron chi connectivity index (χ1n) is 7.27. The third-order valence-electron chi connectivity index (χ3n) is 4.04. The van der Waals surface area contributed by atoms with Gasteiger partial charge in [0.2, 0.25) is 0 Å². The highest BCUT2D eigenvalue weighted by Crippen LogP contribution is 2.46. The van der Waals surface area contributed by atoms with Crippen molar-refractivity contribution in [3.05, 3.63) is 29.8 Å². The Labute approximate surface area is 121 Å². The van der Waals surface area contributed by atoms with Crippen molar-refractivity contribution in [3.63, 3.8) is 0 Å². The van der Waals surface area contributed by atoms with E-state index in [9.17, 15) is 4.79 Å². The van der Waals surface area contributed by atoms with E-state index in [-0.39, 0.29) is 0 Å². The van der Waals surface area contributed by atoms with Crippen LogP contribution >= 0.6 is 0 Å². The van der Waals surface area contributed by atoms with Crippen molar-refractivity contribution in [1.29, 1.82) is 0 Å². The minimum absolute atomic E-state index is 0.323. The maximum Gasteiger partial charge on any atom is 0.335 e. The lowest BCUT2D eigenvalue weighted by Gasteiger charge is -2.45. The predicted molar refractivity (Wildman–Crippen MR) is 82.2 cm³/mol. The summed E-state index contributed by atoms with van der Waals surface area (Å²) in [4.78, 5) is 11.0. The molecule has 2 rings (SSSR count). The molecule has 2 N–H and O–H groups in total. The van der Waals surface area contributed by atoms with Crippen LogP contribution < -0.4 is 5.32 Å². The van der Waals surface area contributed by atoms with Crippen molar-refractivity contribution in [3.8, 4) is 0 Å². The number of aromatic carboxylic acids is 1. The van der Waals surface area contributed by atoms with Gasteiger partial charge in [-0.1, -0.05) is 33.8 Å². The van der Waals surface area contributed by atoms with Crippen LogP contribution in [0.15, 0.2) is 24.3 Å². The van der Waals surface area contributed by atoms with Gasteiger partial charge in [-0.15, -0.1) is 0 Å². The highest BCUT2D eigenvalue weighted by molar-refractivity contribution is 5.88. The summed E-state index contributed by atoms with van der Waals surface area (Å²) in [6.07, 6.45) is 3.47. The number of hydrogen-bond acceptors (Lipinski definition) is 2. The van der Waals surface area contributed by atoms with Gasteiger partial charge in [-0.25, -0.2) is 4.79 Å². The fourth-order valence-electron chi connectivity index (χ4n) is 3.93. The molecule has 0 saturated heterocycles. The molecule has 1 fully saturated rings. The van der Waals surface area contributed by atoms with E-state index in [1.165, 1.54) is 6.42 Å². The Hall–Kier alpha value is -1.51. The molecule has 1 aromatic carbocycles. The number of benzene rings is 1. The zero-order valence-corrected chi connectivity index (χ0v) is 12.9. The van der Waals surface area contributed by atoms with Crippen LogP contribution in [0.5, 0.6) is 0 Å². The topological polar surface area (TPSA) is 49.3 Å². The van der Waals surface area contributed by atoms with Crippen LogP contribution in [0.1, 0.15) is 57.3 Å². The average molecular weight is 275 g/mol. The van der Waals surface area contributed by atoms with E-state index in [0.717, 1.165) is 18.5 Å². The smallest absolute Gasteiger partial charge is 0.335 e. The van der Waals surface area contributed by atoms with Gasteiger partial charge < -0.3 is 10.4 Å². The van der Waals surface area contributed by atoms with Gasteiger partial charge in [0.15, 0.2) is 0 Å². The van der Waals surface area contributed by atoms with Gasteiger partial charge in [-0.2, -0.15) is 0 Å². The maximum atomic E-state index is 11.0. The Kier molecular flexibility index (Phi) is 3.81. The molecule has 0 heterocycles. The van der Waals surface area contributed by atoms with Crippen molar-refractivity contribution in [2.24, 2.45) is 10.8 Å². The van der Waals surface area contributed by atoms with E-state index in [1.54, 1.807) is 18.2 Å². The third kappa shape index (κ3) is 3.75. The van der Waals surface area contributed by atoms with Crippen LogP contribution in [0.25, 0.3) is 0 Å². The number of carboxylic acid groups (broad SMARTS) is 1. The molecule has 3 heteroatoms. The summed E-state index contributed by atoms with van der Waals surface area (Å²) in [6.45, 7) is 9.26. The molecule has 1 aliphatic carbocycles. The van der Waals surface area contributed by atoms with Crippen molar-refractivity contribution in [2.75, 3.05) is 5.32 Å². The fourth-order valence-corrected chi connectivity index (χ4v) is 3.93. The van der Waals surface area contributed by atoms with E-state index in [4.69, 9.17) is 5.11 Å². The summed E-state index contributed by atoms with van der Waals surface area (Å²) in [5.41, 5.74) is 1.89. The monoisotopic (exact) mass is 275 g/mol. The molecule has 0 bridgehead atoms. The van der Waals surface area contributed by atoms with Crippen molar-refractivity contribution >= 4 is 11.7 Å². The summed E-state index contributed by atoms with van der Waals surface area (Å²) in [6, 6.07) is 7.49. The molecule has 0 amide bonds. The first-order chi connectivity index (χ1) is 9.17. The SMILES string of the molecule is CC1(C)CC(Nc2cccc(C(=O)O)c2)CC(C)(C)C1. The zero-order valence-electron chi connectivity index (χ0n) is 12.9. The van der Waals surface area contributed by atoms with Crippen LogP contribution in [-0.2, 0) is 0 Å². The lowest BCUT2D eigenvalue weighted by atomic mass is 9.63. The van der Waals surface area contributed by atoms with Crippen LogP contribution in [0, 0.1) is 10.8 Å². The summed E-state index contributed by atoms with van der Waals surface area (Å²) in [5.74, 6) is -0.877. The zero-order chi connectivity index (χ0) is 15.0. The summed E-state index contributed by atoms with van der Waals surface area (Å²) >= 11 is 0. The molecule has 3 nitrogen and oxygen atoms in total. The molecule has 0 spiro atoms. The standard InChI is InChI=1S/C17H25NO2/c1-16(2)9-14(10-17(3,4)11-16)18-13-7-5-6-12(8-13)15(19)20/h5-8,14,18H,9-11H2,1-4H3,(H,19,20). The van der Waals surface area contributed by atoms with Crippen molar-refractivity contribution in [2.45, 2.75) is 53.0 Å². The Morgan fingerprint density at radius 2 is 1.80 bits per heavy atom. The minimum atomic E-state index is -0.877. The molecule has 0 atom stereocenters. The Morgan fingerprint density at radius 1 is 1.20 bits per heavy atom. The molecule has 1 aliphatic rings. The van der Waals surface area contributed by atoms with Gasteiger partial charge in [0.25, 0.3) is 0 Å². The van der Waals surface area contributed by atoms with E-state index < -0.39 is 5.97 Å². The van der Waals surface area contributed by atoms with Crippen molar-refractivity contribution < 1.29 is 9.90 Å². The summed E-state index contributed by atoms with van der Waals surface area (Å²) in [5, 5.41) is 12.6. The van der Waals surface area contributed by atoms with Crippen LogP contribution in [0.2, 0.25) is 0 Å². The van der Waals surface area contributed by atoms with Crippen molar-refractivity contribution in [1.82, 2.24) is 0 Å². The molecule has 1 saturated carbocycles.